The number of esters is 2. The summed E-state index contributed by atoms with van der Waals surface area (Å²) in [6.07, 6.45) is 2.18. The Morgan fingerprint density at radius 2 is 1.97 bits per heavy atom. The highest BCUT2D eigenvalue weighted by molar-refractivity contribution is 5.96. The molecule has 1 N–H and O–H groups in total. The molecule has 1 fully saturated rings. The van der Waals surface area contributed by atoms with E-state index in [0.717, 1.165) is 5.56 Å². The minimum Gasteiger partial charge on any atom is -0.497 e. The lowest BCUT2D eigenvalue weighted by atomic mass is 9.83. The Bertz CT molecular complexity index is 743. The van der Waals surface area contributed by atoms with Crippen molar-refractivity contribution in [2.24, 2.45) is 17.8 Å². The lowest BCUT2D eigenvalue weighted by Gasteiger charge is -2.26. The van der Waals surface area contributed by atoms with Gasteiger partial charge in [0.15, 0.2) is 5.60 Å². The first-order chi connectivity index (χ1) is 13.7. The number of ether oxygens (including phenoxy) is 3. The van der Waals surface area contributed by atoms with E-state index in [1.54, 1.807) is 19.3 Å². The fourth-order valence-electron chi connectivity index (χ4n) is 3.68. The molecule has 0 bridgehead atoms. The van der Waals surface area contributed by atoms with Crippen molar-refractivity contribution in [1.29, 1.82) is 0 Å². The van der Waals surface area contributed by atoms with Gasteiger partial charge in [0, 0.05) is 18.4 Å². The summed E-state index contributed by atoms with van der Waals surface area (Å²) in [5.41, 5.74) is -0.0212. The van der Waals surface area contributed by atoms with Crippen LogP contribution < -0.4 is 4.74 Å². The first-order valence-corrected chi connectivity index (χ1v) is 10.0. The molecular weight excluding hydrogens is 372 g/mol. The van der Waals surface area contributed by atoms with Crippen LogP contribution in [0, 0.1) is 17.8 Å². The lowest BCUT2D eigenvalue weighted by molar-refractivity contribution is -0.167. The quantitative estimate of drug-likeness (QED) is 0.500. The highest BCUT2D eigenvalue weighted by Gasteiger charge is 2.44. The number of carbonyl (C=O) groups excluding carboxylic acids is 2. The molecule has 1 aliphatic rings. The number of rotatable bonds is 9. The fourth-order valence-corrected chi connectivity index (χ4v) is 3.68. The Hall–Kier alpha value is -2.34. The highest BCUT2D eigenvalue weighted by atomic mass is 16.6. The van der Waals surface area contributed by atoms with Gasteiger partial charge in [-0.25, -0.2) is 4.79 Å². The van der Waals surface area contributed by atoms with Crippen LogP contribution in [0.1, 0.15) is 46.1 Å². The van der Waals surface area contributed by atoms with Gasteiger partial charge in [-0.3, -0.25) is 4.79 Å². The van der Waals surface area contributed by atoms with Crippen molar-refractivity contribution in [3.05, 3.63) is 35.4 Å². The molecule has 0 radical (unpaired) electrons. The van der Waals surface area contributed by atoms with Crippen LogP contribution in [0.15, 0.2) is 29.8 Å². The lowest BCUT2D eigenvalue weighted by Crippen LogP contribution is -2.39. The van der Waals surface area contributed by atoms with Gasteiger partial charge in [0.05, 0.1) is 13.7 Å². The molecule has 6 heteroatoms. The molecule has 1 aromatic rings. The maximum absolute atomic E-state index is 12.3. The molecule has 1 heterocycles. The number of cyclic esters (lactones) is 1. The van der Waals surface area contributed by atoms with Crippen molar-refractivity contribution in [3.63, 3.8) is 0 Å². The average Bonchev–Trinajstić information content (AvgIpc) is 3.00. The number of benzene rings is 1. The summed E-state index contributed by atoms with van der Waals surface area (Å²) in [5, 5.41) is 9.86. The summed E-state index contributed by atoms with van der Waals surface area (Å²) in [4.78, 5) is 24.7. The van der Waals surface area contributed by atoms with Crippen LogP contribution in [0.5, 0.6) is 5.75 Å². The van der Waals surface area contributed by atoms with Gasteiger partial charge in [-0.05, 0) is 41.5 Å². The standard InChI is InChI=1S/C23H32O6/c1-15(2)20(16(3)4)11-21(25)28-14-23(13-24)12-18(22(26)29-23)9-17-7-6-8-19(10-17)27-5/h6-10,15-16,20,24H,11-14H2,1-5H3/b18-9+. The van der Waals surface area contributed by atoms with Crippen molar-refractivity contribution in [3.8, 4) is 5.75 Å². The van der Waals surface area contributed by atoms with Gasteiger partial charge in [-0.2, -0.15) is 0 Å². The topological polar surface area (TPSA) is 82.1 Å². The van der Waals surface area contributed by atoms with E-state index in [1.165, 1.54) is 0 Å². The molecule has 29 heavy (non-hydrogen) atoms. The number of hydrogen-bond acceptors (Lipinski definition) is 6. The van der Waals surface area contributed by atoms with Crippen molar-refractivity contribution >= 4 is 18.0 Å². The van der Waals surface area contributed by atoms with E-state index in [-0.39, 0.29) is 24.9 Å². The maximum Gasteiger partial charge on any atom is 0.334 e. The van der Waals surface area contributed by atoms with Crippen molar-refractivity contribution < 1.29 is 28.9 Å². The number of aliphatic hydroxyl groups excluding tert-OH is 1. The monoisotopic (exact) mass is 404 g/mol. The van der Waals surface area contributed by atoms with E-state index in [4.69, 9.17) is 14.2 Å². The Kier molecular flexibility index (Phi) is 7.85. The van der Waals surface area contributed by atoms with E-state index >= 15 is 0 Å². The van der Waals surface area contributed by atoms with E-state index in [2.05, 4.69) is 27.7 Å². The van der Waals surface area contributed by atoms with Crippen LogP contribution in [-0.4, -0.2) is 43.0 Å². The molecule has 0 aliphatic carbocycles. The molecule has 6 nitrogen and oxygen atoms in total. The average molecular weight is 405 g/mol. The van der Waals surface area contributed by atoms with Crippen LogP contribution in [0.3, 0.4) is 0 Å². The van der Waals surface area contributed by atoms with Gasteiger partial charge in [0.25, 0.3) is 0 Å². The first kappa shape index (κ1) is 22.9. The second-order valence-corrected chi connectivity index (χ2v) is 8.37. The zero-order valence-electron chi connectivity index (χ0n) is 17.9. The van der Waals surface area contributed by atoms with Crippen LogP contribution in [0.25, 0.3) is 6.08 Å². The Morgan fingerprint density at radius 1 is 1.28 bits per heavy atom. The van der Waals surface area contributed by atoms with Crippen molar-refractivity contribution in [2.75, 3.05) is 20.3 Å². The van der Waals surface area contributed by atoms with Gasteiger partial charge in [0.1, 0.15) is 12.4 Å². The number of carbonyl (C=O) groups is 2. The molecule has 1 atom stereocenters. The predicted molar refractivity (Wildman–Crippen MR) is 110 cm³/mol. The largest absolute Gasteiger partial charge is 0.497 e. The minimum atomic E-state index is -1.23. The Morgan fingerprint density at radius 3 is 2.55 bits per heavy atom. The normalized spacial score (nSPS) is 20.6. The second-order valence-electron chi connectivity index (χ2n) is 8.37. The molecule has 0 saturated carbocycles. The molecule has 0 spiro atoms. The van der Waals surface area contributed by atoms with Gasteiger partial charge in [0.2, 0.25) is 0 Å². The van der Waals surface area contributed by atoms with Crippen LogP contribution in [0.2, 0.25) is 0 Å². The van der Waals surface area contributed by atoms with Crippen LogP contribution in [-0.2, 0) is 19.1 Å². The zero-order chi connectivity index (χ0) is 21.6. The third-order valence-corrected chi connectivity index (χ3v) is 5.42. The fraction of sp³-hybridized carbons (Fsp3) is 0.565. The van der Waals surface area contributed by atoms with E-state index in [9.17, 15) is 14.7 Å². The van der Waals surface area contributed by atoms with Gasteiger partial charge < -0.3 is 19.3 Å². The Balaban J connectivity index is 2.05. The zero-order valence-corrected chi connectivity index (χ0v) is 17.9. The van der Waals surface area contributed by atoms with Gasteiger partial charge in [-0.15, -0.1) is 0 Å². The smallest absolute Gasteiger partial charge is 0.334 e. The predicted octanol–water partition coefficient (Wildman–Crippen LogP) is 3.62. The summed E-state index contributed by atoms with van der Waals surface area (Å²) in [6, 6.07) is 7.29. The molecule has 160 valence electrons. The summed E-state index contributed by atoms with van der Waals surface area (Å²) < 4.78 is 16.0. The van der Waals surface area contributed by atoms with Crippen LogP contribution >= 0.6 is 0 Å². The summed E-state index contributed by atoms with van der Waals surface area (Å²) >= 11 is 0. The van der Waals surface area contributed by atoms with Crippen molar-refractivity contribution in [2.45, 2.75) is 46.1 Å². The molecule has 1 unspecified atom stereocenters. The molecule has 1 saturated heterocycles. The molecule has 0 aromatic heterocycles. The molecule has 1 aliphatic heterocycles. The summed E-state index contributed by atoms with van der Waals surface area (Å²) in [5.74, 6) is 0.749. The van der Waals surface area contributed by atoms with Gasteiger partial charge >= 0.3 is 11.9 Å². The number of hydrogen-bond donors (Lipinski definition) is 1. The van der Waals surface area contributed by atoms with E-state index < -0.39 is 18.2 Å². The first-order valence-electron chi connectivity index (χ1n) is 10.0. The second kappa shape index (κ2) is 9.92. The third-order valence-electron chi connectivity index (χ3n) is 5.42. The van der Waals surface area contributed by atoms with Gasteiger partial charge in [-0.1, -0.05) is 39.8 Å². The van der Waals surface area contributed by atoms with E-state index in [0.29, 0.717) is 29.6 Å². The third kappa shape index (κ3) is 6.07. The molecule has 2 rings (SSSR count). The van der Waals surface area contributed by atoms with Crippen molar-refractivity contribution in [1.82, 2.24) is 0 Å². The van der Waals surface area contributed by atoms with E-state index in [1.807, 2.05) is 18.2 Å². The molecule has 0 amide bonds. The summed E-state index contributed by atoms with van der Waals surface area (Å²) in [6.45, 7) is 7.76. The number of methoxy groups -OCH3 is 1. The Labute approximate surface area is 172 Å². The summed E-state index contributed by atoms with van der Waals surface area (Å²) in [7, 11) is 1.57. The minimum absolute atomic E-state index is 0.160. The molecular formula is C23H32O6. The maximum atomic E-state index is 12.3. The van der Waals surface area contributed by atoms with Crippen LogP contribution in [0.4, 0.5) is 0 Å². The SMILES string of the molecule is COc1cccc(/C=C2\CC(CO)(COC(=O)CC(C(C)C)C(C)C)OC2=O)c1. The molecule has 1 aromatic carbocycles. The number of aliphatic hydroxyl groups is 1. The highest BCUT2D eigenvalue weighted by Crippen LogP contribution is 2.33.